The topological polar surface area (TPSA) is 15.3 Å². The fourth-order valence-corrected chi connectivity index (χ4v) is 3.85. The lowest BCUT2D eigenvalue weighted by atomic mass is 9.79. The van der Waals surface area contributed by atoms with E-state index in [0.29, 0.717) is 11.6 Å². The summed E-state index contributed by atoms with van der Waals surface area (Å²) in [5, 5.41) is 3.82. The molecule has 1 atom stereocenters. The molecule has 0 bridgehead atoms. The Balaban J connectivity index is 2.76. The molecule has 1 aliphatic rings. The van der Waals surface area contributed by atoms with Gasteiger partial charge in [0.2, 0.25) is 0 Å². The minimum Gasteiger partial charge on any atom is -0.312 e. The highest BCUT2D eigenvalue weighted by molar-refractivity contribution is 4.99. The molecule has 1 fully saturated rings. The van der Waals surface area contributed by atoms with Crippen molar-refractivity contribution in [3.05, 3.63) is 0 Å². The number of likely N-dealkylation sites (N-methyl/N-ethyl adjacent to an activating group) is 2. The van der Waals surface area contributed by atoms with Crippen LogP contribution in [-0.4, -0.2) is 37.1 Å². The number of unbranched alkanes of at least 4 members (excludes halogenated alkanes) is 2. The lowest BCUT2D eigenvalue weighted by Crippen LogP contribution is -2.58. The van der Waals surface area contributed by atoms with Crippen molar-refractivity contribution < 1.29 is 0 Å². The van der Waals surface area contributed by atoms with Crippen molar-refractivity contribution in [2.45, 2.75) is 89.6 Å². The summed E-state index contributed by atoms with van der Waals surface area (Å²) in [6, 6.07) is 0.678. The third kappa shape index (κ3) is 4.75. The van der Waals surface area contributed by atoms with E-state index in [4.69, 9.17) is 0 Å². The minimum absolute atomic E-state index is 0.403. The Hall–Kier alpha value is -0.0800. The maximum Gasteiger partial charge on any atom is 0.0356 e. The molecule has 0 heterocycles. The molecular weight excluding hydrogens is 232 g/mol. The van der Waals surface area contributed by atoms with Gasteiger partial charge in [-0.1, -0.05) is 58.8 Å². The predicted molar refractivity (Wildman–Crippen MR) is 85.7 cm³/mol. The SMILES string of the molecule is CCCCCC(NCC)C1(N(C)C)CCCCCC1. The maximum atomic E-state index is 3.82. The van der Waals surface area contributed by atoms with Crippen LogP contribution in [0.25, 0.3) is 0 Å². The fourth-order valence-electron chi connectivity index (χ4n) is 3.85. The predicted octanol–water partition coefficient (Wildman–Crippen LogP) is 4.20. The van der Waals surface area contributed by atoms with Crippen molar-refractivity contribution in [2.75, 3.05) is 20.6 Å². The molecule has 1 saturated carbocycles. The molecule has 19 heavy (non-hydrogen) atoms. The van der Waals surface area contributed by atoms with Crippen LogP contribution in [-0.2, 0) is 0 Å². The second-order valence-corrected chi connectivity index (χ2v) is 6.52. The first-order valence-electron chi connectivity index (χ1n) is 8.58. The Labute approximate surface area is 121 Å². The third-order valence-corrected chi connectivity index (χ3v) is 5.06. The van der Waals surface area contributed by atoms with E-state index in [0.717, 1.165) is 6.54 Å². The fraction of sp³-hybridized carbons (Fsp3) is 1.00. The number of hydrogen-bond acceptors (Lipinski definition) is 2. The van der Waals surface area contributed by atoms with Crippen LogP contribution >= 0.6 is 0 Å². The average molecular weight is 268 g/mol. The number of hydrogen-bond donors (Lipinski definition) is 1. The lowest BCUT2D eigenvalue weighted by Gasteiger charge is -2.46. The highest BCUT2D eigenvalue weighted by Crippen LogP contribution is 2.35. The van der Waals surface area contributed by atoms with Gasteiger partial charge in [0.05, 0.1) is 0 Å². The van der Waals surface area contributed by atoms with E-state index in [1.165, 1.54) is 64.2 Å². The largest absolute Gasteiger partial charge is 0.312 e. The van der Waals surface area contributed by atoms with E-state index >= 15 is 0 Å². The van der Waals surface area contributed by atoms with Gasteiger partial charge in [-0.05, 0) is 39.9 Å². The maximum absolute atomic E-state index is 3.82. The van der Waals surface area contributed by atoms with Gasteiger partial charge < -0.3 is 10.2 Å². The Morgan fingerprint density at radius 2 is 1.63 bits per heavy atom. The first kappa shape index (κ1) is 17.0. The molecule has 0 aromatic carbocycles. The molecule has 2 heteroatoms. The van der Waals surface area contributed by atoms with E-state index < -0.39 is 0 Å². The Kier molecular flexibility index (Phi) is 8.01. The number of rotatable bonds is 8. The Bertz CT molecular complexity index is 217. The van der Waals surface area contributed by atoms with Gasteiger partial charge in [-0.25, -0.2) is 0 Å². The zero-order valence-corrected chi connectivity index (χ0v) is 13.8. The zero-order valence-electron chi connectivity index (χ0n) is 13.8. The van der Waals surface area contributed by atoms with Gasteiger partial charge in [-0.2, -0.15) is 0 Å². The monoisotopic (exact) mass is 268 g/mol. The van der Waals surface area contributed by atoms with Gasteiger partial charge in [-0.3, -0.25) is 0 Å². The molecule has 1 rings (SSSR count). The van der Waals surface area contributed by atoms with Crippen molar-refractivity contribution in [3.63, 3.8) is 0 Å². The summed E-state index contributed by atoms with van der Waals surface area (Å²) < 4.78 is 0. The summed E-state index contributed by atoms with van der Waals surface area (Å²) >= 11 is 0. The third-order valence-electron chi connectivity index (χ3n) is 5.06. The first-order chi connectivity index (χ1) is 9.17. The van der Waals surface area contributed by atoms with Gasteiger partial charge in [-0.15, -0.1) is 0 Å². The van der Waals surface area contributed by atoms with Crippen LogP contribution in [0.3, 0.4) is 0 Å². The van der Waals surface area contributed by atoms with Gasteiger partial charge in [0.25, 0.3) is 0 Å². The molecule has 1 aliphatic carbocycles. The van der Waals surface area contributed by atoms with E-state index in [2.05, 4.69) is 38.2 Å². The van der Waals surface area contributed by atoms with E-state index in [9.17, 15) is 0 Å². The van der Waals surface area contributed by atoms with Crippen LogP contribution in [0.15, 0.2) is 0 Å². The number of nitrogens with one attached hydrogen (secondary N) is 1. The van der Waals surface area contributed by atoms with Crippen LogP contribution in [0.5, 0.6) is 0 Å². The lowest BCUT2D eigenvalue weighted by molar-refractivity contribution is 0.0757. The molecule has 0 aromatic rings. The molecule has 1 N–H and O–H groups in total. The molecule has 0 saturated heterocycles. The molecule has 114 valence electrons. The van der Waals surface area contributed by atoms with Crippen molar-refractivity contribution in [3.8, 4) is 0 Å². The Morgan fingerprint density at radius 1 is 1.00 bits per heavy atom. The summed E-state index contributed by atoms with van der Waals surface area (Å²) in [5.74, 6) is 0. The van der Waals surface area contributed by atoms with Gasteiger partial charge in [0, 0.05) is 11.6 Å². The summed E-state index contributed by atoms with van der Waals surface area (Å²) in [7, 11) is 4.60. The van der Waals surface area contributed by atoms with E-state index in [-0.39, 0.29) is 0 Å². The van der Waals surface area contributed by atoms with E-state index in [1.807, 2.05) is 0 Å². The smallest absolute Gasteiger partial charge is 0.0356 e. The molecular formula is C17H36N2. The van der Waals surface area contributed by atoms with Crippen molar-refractivity contribution in [2.24, 2.45) is 0 Å². The molecule has 0 radical (unpaired) electrons. The summed E-state index contributed by atoms with van der Waals surface area (Å²) in [6.07, 6.45) is 13.9. The molecule has 0 aromatic heterocycles. The number of nitrogens with zero attached hydrogens (tertiary/aromatic N) is 1. The molecule has 0 amide bonds. The summed E-state index contributed by atoms with van der Waals surface area (Å²) in [4.78, 5) is 2.54. The molecule has 0 spiro atoms. The summed E-state index contributed by atoms with van der Waals surface area (Å²) in [6.45, 7) is 5.66. The molecule has 2 nitrogen and oxygen atoms in total. The van der Waals surface area contributed by atoms with Crippen LogP contribution in [0.2, 0.25) is 0 Å². The summed E-state index contributed by atoms with van der Waals surface area (Å²) in [5.41, 5.74) is 0.403. The second kappa shape index (κ2) is 8.97. The van der Waals surface area contributed by atoms with Crippen LogP contribution in [0.4, 0.5) is 0 Å². The normalized spacial score (nSPS) is 21.3. The van der Waals surface area contributed by atoms with Gasteiger partial charge in [0.1, 0.15) is 0 Å². The standard InChI is InChI=1S/C17H36N2/c1-5-7-10-13-16(18-6-2)17(19(3)4)14-11-8-9-12-15-17/h16,18H,5-15H2,1-4H3. The highest BCUT2D eigenvalue weighted by Gasteiger charge is 2.39. The van der Waals surface area contributed by atoms with Crippen LogP contribution in [0, 0.1) is 0 Å². The van der Waals surface area contributed by atoms with Crippen LogP contribution < -0.4 is 5.32 Å². The van der Waals surface area contributed by atoms with Crippen molar-refractivity contribution in [1.82, 2.24) is 10.2 Å². The van der Waals surface area contributed by atoms with Crippen molar-refractivity contribution >= 4 is 0 Å². The quantitative estimate of drug-likeness (QED) is 0.524. The minimum atomic E-state index is 0.403. The average Bonchev–Trinajstić information content (AvgIpc) is 2.64. The zero-order chi connectivity index (χ0) is 14.1. The second-order valence-electron chi connectivity index (χ2n) is 6.52. The molecule has 1 unspecified atom stereocenters. The highest BCUT2D eigenvalue weighted by atomic mass is 15.2. The van der Waals surface area contributed by atoms with Crippen LogP contribution in [0.1, 0.15) is 78.1 Å². The van der Waals surface area contributed by atoms with Crippen molar-refractivity contribution in [1.29, 1.82) is 0 Å². The van der Waals surface area contributed by atoms with Gasteiger partial charge in [0.15, 0.2) is 0 Å². The molecule has 0 aliphatic heterocycles. The van der Waals surface area contributed by atoms with E-state index in [1.54, 1.807) is 0 Å². The first-order valence-corrected chi connectivity index (χ1v) is 8.58. The van der Waals surface area contributed by atoms with Gasteiger partial charge >= 0.3 is 0 Å². The Morgan fingerprint density at radius 3 is 2.11 bits per heavy atom.